The molecule has 3 rings (SSSR count). The molecule has 0 aliphatic rings. The van der Waals surface area contributed by atoms with Crippen molar-refractivity contribution in [1.29, 1.82) is 0 Å². The van der Waals surface area contributed by atoms with Crippen molar-refractivity contribution in [1.82, 2.24) is 15.2 Å². The number of hydrogen-bond donors (Lipinski definition) is 1. The highest BCUT2D eigenvalue weighted by atomic mass is 16.5. The molecule has 9 heteroatoms. The maximum atomic E-state index is 12.7. The van der Waals surface area contributed by atoms with Crippen molar-refractivity contribution in [2.45, 2.75) is 19.9 Å². The van der Waals surface area contributed by atoms with Gasteiger partial charge < -0.3 is 14.6 Å². The van der Waals surface area contributed by atoms with E-state index in [0.717, 1.165) is 0 Å². The van der Waals surface area contributed by atoms with Crippen molar-refractivity contribution in [3.63, 3.8) is 0 Å². The average molecular weight is 407 g/mol. The van der Waals surface area contributed by atoms with Crippen LogP contribution in [0.4, 0.5) is 0 Å². The third-order valence-corrected chi connectivity index (χ3v) is 4.17. The molecule has 0 aliphatic carbocycles. The summed E-state index contributed by atoms with van der Waals surface area (Å²) < 4.78 is 6.39. The molecule has 30 heavy (non-hydrogen) atoms. The Balaban J connectivity index is 1.87. The quantitative estimate of drug-likeness (QED) is 0.458. The molecule has 0 aliphatic heterocycles. The van der Waals surface area contributed by atoms with E-state index in [4.69, 9.17) is 4.74 Å². The Labute approximate surface area is 171 Å². The summed E-state index contributed by atoms with van der Waals surface area (Å²) in [6.07, 6.45) is 1.32. The number of hydrazone groups is 1. The maximum absolute atomic E-state index is 12.7. The molecule has 0 saturated carbocycles. The molecule has 1 aromatic heterocycles. The second-order valence-electron chi connectivity index (χ2n) is 6.64. The van der Waals surface area contributed by atoms with Crippen LogP contribution in [0.1, 0.15) is 35.9 Å². The molecule has 0 atom stereocenters. The van der Waals surface area contributed by atoms with Crippen LogP contribution in [0.2, 0.25) is 0 Å². The van der Waals surface area contributed by atoms with Crippen LogP contribution < -0.4 is 20.8 Å². The van der Waals surface area contributed by atoms with Crippen LogP contribution in [0.25, 0.3) is 10.8 Å². The van der Waals surface area contributed by atoms with Gasteiger partial charge in [0.1, 0.15) is 12.4 Å². The number of para-hydroxylation sites is 1. The molecular formula is C21H19N4O5-. The first-order chi connectivity index (χ1) is 14.4. The molecule has 0 spiro atoms. The Morgan fingerprint density at radius 3 is 2.53 bits per heavy atom. The van der Waals surface area contributed by atoms with E-state index in [-0.39, 0.29) is 23.0 Å². The van der Waals surface area contributed by atoms with Crippen LogP contribution >= 0.6 is 0 Å². The largest absolute Gasteiger partial charge is 0.546 e. The van der Waals surface area contributed by atoms with E-state index < -0.39 is 18.5 Å². The first-order valence-corrected chi connectivity index (χ1v) is 9.15. The van der Waals surface area contributed by atoms with Gasteiger partial charge in [0.15, 0.2) is 5.69 Å². The summed E-state index contributed by atoms with van der Waals surface area (Å²) in [6, 6.07) is 13.1. The SMILES string of the molecule is CC(C)n1nc(C(=O)N/N=C\c2ccccc2OCC(=O)[O-])c2ccccc2c1=O. The van der Waals surface area contributed by atoms with Gasteiger partial charge in [-0.25, -0.2) is 10.1 Å². The topological polar surface area (TPSA) is 126 Å². The Bertz CT molecular complexity index is 1180. The first kappa shape index (κ1) is 20.7. The molecular weight excluding hydrogens is 388 g/mol. The van der Waals surface area contributed by atoms with Crippen molar-refractivity contribution in [2.75, 3.05) is 6.61 Å². The van der Waals surface area contributed by atoms with Crippen LogP contribution in [0.5, 0.6) is 5.75 Å². The van der Waals surface area contributed by atoms with Crippen LogP contribution in [0, 0.1) is 0 Å². The standard InChI is InChI=1S/C21H20N4O5/c1-13(2)25-21(29)16-9-5-4-8-15(16)19(24-25)20(28)23-22-11-14-7-3-6-10-17(14)30-12-18(26)27/h3-11,13H,12H2,1-2H3,(H,23,28)(H,26,27)/p-1/b22-11-. The molecule has 154 valence electrons. The van der Waals surface area contributed by atoms with Gasteiger partial charge in [-0.05, 0) is 32.0 Å². The average Bonchev–Trinajstić information content (AvgIpc) is 2.73. The second kappa shape index (κ2) is 8.99. The monoisotopic (exact) mass is 407 g/mol. The van der Waals surface area contributed by atoms with Crippen molar-refractivity contribution in [2.24, 2.45) is 5.10 Å². The molecule has 1 amide bonds. The number of carbonyl (C=O) groups excluding carboxylic acids is 2. The van der Waals surface area contributed by atoms with Gasteiger partial charge in [-0.3, -0.25) is 9.59 Å². The fourth-order valence-electron chi connectivity index (χ4n) is 2.79. The third-order valence-electron chi connectivity index (χ3n) is 4.17. The number of hydrogen-bond acceptors (Lipinski definition) is 7. The summed E-state index contributed by atoms with van der Waals surface area (Å²) >= 11 is 0. The van der Waals surface area contributed by atoms with E-state index >= 15 is 0 Å². The summed E-state index contributed by atoms with van der Waals surface area (Å²) in [5, 5.41) is 19.5. The fraction of sp³-hybridized carbons (Fsp3) is 0.190. The van der Waals surface area contributed by atoms with Crippen molar-refractivity contribution >= 4 is 28.9 Å². The molecule has 9 nitrogen and oxygen atoms in total. The Hall–Kier alpha value is -4.01. The van der Waals surface area contributed by atoms with Gasteiger partial charge in [0.05, 0.1) is 23.6 Å². The minimum Gasteiger partial charge on any atom is -0.546 e. The van der Waals surface area contributed by atoms with Crippen molar-refractivity contribution in [3.8, 4) is 5.75 Å². The number of fused-ring (bicyclic) bond motifs is 1. The minimum atomic E-state index is -1.35. The van der Waals surface area contributed by atoms with Gasteiger partial charge in [0.2, 0.25) is 0 Å². The lowest BCUT2D eigenvalue weighted by atomic mass is 10.1. The first-order valence-electron chi connectivity index (χ1n) is 9.15. The second-order valence-corrected chi connectivity index (χ2v) is 6.64. The summed E-state index contributed by atoms with van der Waals surface area (Å²) in [7, 11) is 0. The number of rotatable bonds is 7. The summed E-state index contributed by atoms with van der Waals surface area (Å²) in [6.45, 7) is 2.99. The van der Waals surface area contributed by atoms with E-state index in [2.05, 4.69) is 15.6 Å². The van der Waals surface area contributed by atoms with E-state index in [1.54, 1.807) is 62.4 Å². The number of carboxylic acids is 1. The number of ether oxygens (including phenoxy) is 1. The summed E-state index contributed by atoms with van der Waals surface area (Å²) in [4.78, 5) is 35.9. The number of nitrogens with one attached hydrogen (secondary N) is 1. The normalized spacial score (nSPS) is 11.2. The molecule has 1 heterocycles. The van der Waals surface area contributed by atoms with Gasteiger partial charge in [-0.1, -0.05) is 30.3 Å². The van der Waals surface area contributed by atoms with Gasteiger partial charge in [0, 0.05) is 10.9 Å². The lowest BCUT2D eigenvalue weighted by Gasteiger charge is -2.12. The van der Waals surface area contributed by atoms with Crippen LogP contribution in [-0.2, 0) is 4.79 Å². The smallest absolute Gasteiger partial charge is 0.292 e. The zero-order valence-corrected chi connectivity index (χ0v) is 16.4. The predicted molar refractivity (Wildman–Crippen MR) is 108 cm³/mol. The number of carboxylic acid groups (broad SMARTS) is 1. The minimum absolute atomic E-state index is 0.0672. The highest BCUT2D eigenvalue weighted by molar-refractivity contribution is 6.05. The molecule has 0 saturated heterocycles. The lowest BCUT2D eigenvalue weighted by Crippen LogP contribution is -2.30. The highest BCUT2D eigenvalue weighted by Gasteiger charge is 2.17. The van der Waals surface area contributed by atoms with Gasteiger partial charge in [-0.2, -0.15) is 10.2 Å². The fourth-order valence-corrected chi connectivity index (χ4v) is 2.79. The zero-order valence-electron chi connectivity index (χ0n) is 16.4. The van der Waals surface area contributed by atoms with Crippen LogP contribution in [0.15, 0.2) is 58.4 Å². The number of amides is 1. The molecule has 3 aromatic rings. The number of aromatic nitrogens is 2. The number of nitrogens with zero attached hydrogens (tertiary/aromatic N) is 3. The van der Waals surface area contributed by atoms with Gasteiger partial charge >= 0.3 is 0 Å². The van der Waals surface area contributed by atoms with Crippen molar-refractivity contribution < 1.29 is 19.4 Å². The Kier molecular flexibility index (Phi) is 6.21. The van der Waals surface area contributed by atoms with Gasteiger partial charge in [-0.15, -0.1) is 0 Å². The number of aliphatic carboxylic acids is 1. The van der Waals surface area contributed by atoms with E-state index in [0.29, 0.717) is 16.3 Å². The molecule has 0 radical (unpaired) electrons. The Morgan fingerprint density at radius 2 is 1.83 bits per heavy atom. The maximum Gasteiger partial charge on any atom is 0.292 e. The number of carbonyl (C=O) groups is 2. The molecule has 0 unspecified atom stereocenters. The molecule has 0 fully saturated rings. The summed E-state index contributed by atoms with van der Waals surface area (Å²) in [5.74, 6) is -1.67. The molecule has 2 aromatic carbocycles. The van der Waals surface area contributed by atoms with Crippen LogP contribution in [0.3, 0.4) is 0 Å². The predicted octanol–water partition coefficient (Wildman–Crippen LogP) is 0.870. The molecule has 0 bridgehead atoms. The van der Waals surface area contributed by atoms with E-state index in [1.807, 2.05) is 0 Å². The Morgan fingerprint density at radius 1 is 1.17 bits per heavy atom. The lowest BCUT2D eigenvalue weighted by molar-refractivity contribution is -0.307. The zero-order chi connectivity index (χ0) is 21.7. The number of benzene rings is 2. The third kappa shape index (κ3) is 4.52. The van der Waals surface area contributed by atoms with Crippen molar-refractivity contribution in [3.05, 3.63) is 70.1 Å². The highest BCUT2D eigenvalue weighted by Crippen LogP contribution is 2.16. The van der Waals surface area contributed by atoms with Gasteiger partial charge in [0.25, 0.3) is 11.5 Å². The molecule has 1 N–H and O–H groups in total. The summed E-state index contributed by atoms with van der Waals surface area (Å²) in [5.41, 5.74) is 2.64. The van der Waals surface area contributed by atoms with Crippen LogP contribution in [-0.4, -0.2) is 34.5 Å². The van der Waals surface area contributed by atoms with E-state index in [1.165, 1.54) is 10.9 Å². The van der Waals surface area contributed by atoms with E-state index in [9.17, 15) is 19.5 Å².